The monoisotopic (exact) mass is 331 g/mol. The number of ether oxygens (including phenoxy) is 1. The maximum absolute atomic E-state index is 11.4. The number of nitrogens with one attached hydrogen (secondary N) is 1. The van der Waals surface area contributed by atoms with Crippen LogP contribution in [0.5, 0.6) is 0 Å². The lowest BCUT2D eigenvalue weighted by Gasteiger charge is -2.40. The van der Waals surface area contributed by atoms with Crippen LogP contribution in [0.15, 0.2) is 41.8 Å². The zero-order valence-corrected chi connectivity index (χ0v) is 14.4. The largest absolute Gasteiger partial charge is 0.508 e. The number of hydrogen-bond acceptors (Lipinski definition) is 4. The van der Waals surface area contributed by atoms with Gasteiger partial charge in [0.1, 0.15) is 17.2 Å². The fourth-order valence-electron chi connectivity index (χ4n) is 3.41. The predicted octanol–water partition coefficient (Wildman–Crippen LogP) is 2.46. The molecule has 0 saturated heterocycles. The van der Waals surface area contributed by atoms with Crippen molar-refractivity contribution in [3.05, 3.63) is 41.8 Å². The van der Waals surface area contributed by atoms with Gasteiger partial charge in [-0.3, -0.25) is 4.79 Å². The van der Waals surface area contributed by atoms with Crippen LogP contribution in [0.3, 0.4) is 0 Å². The number of nitrogens with two attached hydrogens (primary N) is 1. The van der Waals surface area contributed by atoms with Crippen LogP contribution in [-0.4, -0.2) is 33.3 Å². The van der Waals surface area contributed by atoms with Gasteiger partial charge in [-0.25, -0.2) is 0 Å². The molecule has 2 atom stereocenters. The van der Waals surface area contributed by atoms with E-state index in [1.165, 1.54) is 6.92 Å². The number of hydrogen-bond donors (Lipinski definition) is 3. The van der Waals surface area contributed by atoms with E-state index in [9.17, 15) is 9.90 Å². The second kappa shape index (κ2) is 5.70. The van der Waals surface area contributed by atoms with Gasteiger partial charge in [0.05, 0.1) is 18.2 Å². The summed E-state index contributed by atoms with van der Waals surface area (Å²) >= 11 is 0. The highest BCUT2D eigenvalue weighted by Gasteiger charge is 2.47. The maximum atomic E-state index is 11.4. The smallest absolute Gasteiger partial charge is 0.217 e. The summed E-state index contributed by atoms with van der Waals surface area (Å²) in [4.78, 5) is 11.4. The fourth-order valence-corrected chi connectivity index (χ4v) is 3.41. The molecule has 2 aliphatic carbocycles. The lowest BCUT2D eigenvalue weighted by molar-refractivity contribution is -0.121. The summed E-state index contributed by atoms with van der Waals surface area (Å²) in [5.74, 6) is 0.804. The average Bonchev–Trinajstić information content (AvgIpc) is 3.15. The minimum Gasteiger partial charge on any atom is -0.508 e. The number of nitrogens with zero attached hydrogens (tertiary/aromatic N) is 1. The molecule has 1 aromatic heterocycles. The van der Waals surface area contributed by atoms with Crippen LogP contribution >= 0.6 is 0 Å². The molecule has 0 aliphatic heterocycles. The van der Waals surface area contributed by atoms with Crippen LogP contribution in [0.4, 0.5) is 5.82 Å². The number of rotatable bonds is 5. The van der Waals surface area contributed by atoms with Crippen molar-refractivity contribution in [2.75, 3.05) is 12.3 Å². The summed E-state index contributed by atoms with van der Waals surface area (Å²) in [6.45, 7) is 5.81. The first kappa shape index (κ1) is 16.6. The average molecular weight is 331 g/mol. The molecule has 4 N–H and O–H groups in total. The Morgan fingerprint density at radius 2 is 2.25 bits per heavy atom. The van der Waals surface area contributed by atoms with Gasteiger partial charge in [-0.2, -0.15) is 0 Å². The predicted molar refractivity (Wildman–Crippen MR) is 92.5 cm³/mol. The van der Waals surface area contributed by atoms with Gasteiger partial charge in [-0.1, -0.05) is 0 Å². The second-order valence-electron chi connectivity index (χ2n) is 7.08. The van der Waals surface area contributed by atoms with Crippen molar-refractivity contribution in [1.29, 1.82) is 0 Å². The number of anilines is 1. The standard InChI is InChI=1S/C18H25N3O3/c1-12-14(23)6-7-17(3,16(12)21-10-4-5-15(21)19)24-11-18(8-9-18)20-13(2)22/h4-7,10,16,23H,8-9,11,19H2,1-3H3,(H,20,22). The fraction of sp³-hybridized carbons (Fsp3) is 0.500. The molecule has 1 amide bonds. The van der Waals surface area contributed by atoms with E-state index in [4.69, 9.17) is 10.5 Å². The third-order valence-electron chi connectivity index (χ3n) is 4.97. The van der Waals surface area contributed by atoms with Gasteiger partial charge < -0.3 is 25.5 Å². The lowest BCUT2D eigenvalue weighted by Crippen LogP contribution is -2.46. The van der Waals surface area contributed by atoms with Crippen molar-refractivity contribution < 1.29 is 14.6 Å². The van der Waals surface area contributed by atoms with E-state index >= 15 is 0 Å². The van der Waals surface area contributed by atoms with Crippen LogP contribution < -0.4 is 11.1 Å². The van der Waals surface area contributed by atoms with E-state index < -0.39 is 5.60 Å². The Morgan fingerprint density at radius 1 is 1.54 bits per heavy atom. The lowest BCUT2D eigenvalue weighted by atomic mass is 9.85. The number of nitrogen functional groups attached to an aromatic ring is 1. The third kappa shape index (κ3) is 2.94. The Hall–Kier alpha value is -2.21. The van der Waals surface area contributed by atoms with Crippen LogP contribution in [0.1, 0.15) is 39.7 Å². The molecule has 0 spiro atoms. The summed E-state index contributed by atoms with van der Waals surface area (Å²) in [5.41, 5.74) is 5.95. The van der Waals surface area contributed by atoms with E-state index in [2.05, 4.69) is 5.32 Å². The summed E-state index contributed by atoms with van der Waals surface area (Å²) in [7, 11) is 0. The van der Waals surface area contributed by atoms with Crippen molar-refractivity contribution >= 4 is 11.7 Å². The van der Waals surface area contributed by atoms with Gasteiger partial charge in [-0.05, 0) is 56.5 Å². The molecular weight excluding hydrogens is 306 g/mol. The Balaban J connectivity index is 1.85. The zero-order valence-electron chi connectivity index (χ0n) is 14.4. The SMILES string of the molecule is CC(=O)NC1(COC2(C)C=CC(O)=C(C)C2n2cccc2N)CC1. The first-order valence-electron chi connectivity index (χ1n) is 8.20. The molecule has 1 saturated carbocycles. The normalized spacial score (nSPS) is 28.0. The van der Waals surface area contributed by atoms with Gasteiger partial charge in [0.2, 0.25) is 5.91 Å². The molecular formula is C18H25N3O3. The first-order chi connectivity index (χ1) is 11.3. The Bertz CT molecular complexity index is 715. The molecule has 130 valence electrons. The Kier molecular flexibility index (Phi) is 3.95. The van der Waals surface area contributed by atoms with E-state index in [-0.39, 0.29) is 23.2 Å². The second-order valence-corrected chi connectivity index (χ2v) is 7.08. The van der Waals surface area contributed by atoms with Gasteiger partial charge in [0, 0.05) is 13.1 Å². The van der Waals surface area contributed by atoms with Crippen molar-refractivity contribution in [3.63, 3.8) is 0 Å². The van der Waals surface area contributed by atoms with Crippen LogP contribution in [0, 0.1) is 0 Å². The molecule has 1 fully saturated rings. The number of allylic oxidation sites excluding steroid dienone is 1. The number of amides is 1. The minimum absolute atomic E-state index is 0.0413. The molecule has 3 rings (SSSR count). The van der Waals surface area contributed by atoms with Gasteiger partial charge in [0.15, 0.2) is 0 Å². The summed E-state index contributed by atoms with van der Waals surface area (Å²) in [6.07, 6.45) is 7.26. The Morgan fingerprint density at radius 3 is 2.79 bits per heavy atom. The molecule has 6 nitrogen and oxygen atoms in total. The van der Waals surface area contributed by atoms with Crippen molar-refractivity contribution in [3.8, 4) is 0 Å². The molecule has 1 heterocycles. The minimum atomic E-state index is -0.669. The zero-order chi connectivity index (χ0) is 17.5. The van der Waals surface area contributed by atoms with E-state index in [1.807, 2.05) is 42.8 Å². The highest BCUT2D eigenvalue weighted by Crippen LogP contribution is 2.43. The molecule has 6 heteroatoms. The highest BCUT2D eigenvalue weighted by molar-refractivity contribution is 5.74. The first-order valence-corrected chi connectivity index (χ1v) is 8.20. The van der Waals surface area contributed by atoms with Crippen LogP contribution in [0.2, 0.25) is 0 Å². The number of aromatic nitrogens is 1. The molecule has 2 unspecified atom stereocenters. The number of aliphatic hydroxyl groups excluding tert-OH is 1. The van der Waals surface area contributed by atoms with E-state index in [1.54, 1.807) is 6.08 Å². The molecule has 0 aromatic carbocycles. The summed E-state index contributed by atoms with van der Waals surface area (Å²) in [5, 5.41) is 13.1. The quantitative estimate of drug-likeness (QED) is 0.773. The highest BCUT2D eigenvalue weighted by atomic mass is 16.5. The molecule has 1 aromatic rings. The van der Waals surface area contributed by atoms with Gasteiger partial charge in [-0.15, -0.1) is 0 Å². The molecule has 24 heavy (non-hydrogen) atoms. The maximum Gasteiger partial charge on any atom is 0.217 e. The van der Waals surface area contributed by atoms with Gasteiger partial charge >= 0.3 is 0 Å². The molecule has 0 radical (unpaired) electrons. The number of aliphatic hydroxyl groups is 1. The van der Waals surface area contributed by atoms with Crippen LogP contribution in [0.25, 0.3) is 0 Å². The number of carbonyl (C=O) groups is 1. The molecule has 2 aliphatic rings. The summed E-state index contributed by atoms with van der Waals surface area (Å²) in [6, 6.07) is 3.45. The Labute approximate surface area is 142 Å². The van der Waals surface area contributed by atoms with E-state index in [0.29, 0.717) is 12.4 Å². The molecule has 0 bridgehead atoms. The topological polar surface area (TPSA) is 89.5 Å². The van der Waals surface area contributed by atoms with Crippen LogP contribution in [-0.2, 0) is 9.53 Å². The van der Waals surface area contributed by atoms with Crippen molar-refractivity contribution in [2.45, 2.75) is 50.8 Å². The third-order valence-corrected chi connectivity index (χ3v) is 4.97. The van der Waals surface area contributed by atoms with Gasteiger partial charge in [0.25, 0.3) is 0 Å². The van der Waals surface area contributed by atoms with Crippen molar-refractivity contribution in [2.24, 2.45) is 0 Å². The van der Waals surface area contributed by atoms with E-state index in [0.717, 1.165) is 18.4 Å². The number of carbonyl (C=O) groups excluding carboxylic acids is 1. The summed E-state index contributed by atoms with van der Waals surface area (Å²) < 4.78 is 8.20. The van der Waals surface area contributed by atoms with Crippen molar-refractivity contribution in [1.82, 2.24) is 9.88 Å².